The maximum absolute atomic E-state index is 13.3. The highest BCUT2D eigenvalue weighted by Gasteiger charge is 2.52. The normalized spacial score (nSPS) is 16.0. The minimum atomic E-state index is -4.06. The molecule has 0 spiro atoms. The molecule has 1 amide bonds. The molecule has 8 nitrogen and oxygen atoms in total. The van der Waals surface area contributed by atoms with Gasteiger partial charge in [0.1, 0.15) is 11.5 Å². The van der Waals surface area contributed by atoms with Gasteiger partial charge in [-0.05, 0) is 55.3 Å². The van der Waals surface area contributed by atoms with Crippen LogP contribution in [0.25, 0.3) is 0 Å². The second-order valence-corrected chi connectivity index (χ2v) is 12.3. The Labute approximate surface area is 204 Å². The first-order chi connectivity index (χ1) is 16.1. The summed E-state index contributed by atoms with van der Waals surface area (Å²) in [5, 5.41) is 9.16. The predicted octanol–water partition coefficient (Wildman–Crippen LogP) is 3.72. The summed E-state index contributed by atoms with van der Waals surface area (Å²) in [6.07, 6.45) is -0.0573. The second-order valence-electron chi connectivity index (χ2n) is 8.94. The lowest BCUT2D eigenvalue weighted by molar-refractivity contribution is -0.134. The maximum atomic E-state index is 13.3. The lowest BCUT2D eigenvalue weighted by atomic mass is 9.98. The molecule has 34 heavy (non-hydrogen) atoms. The van der Waals surface area contributed by atoms with E-state index in [0.29, 0.717) is 12.4 Å². The van der Waals surface area contributed by atoms with Crippen LogP contribution in [0.2, 0.25) is 0 Å². The van der Waals surface area contributed by atoms with E-state index in [0.717, 1.165) is 16.4 Å². The van der Waals surface area contributed by atoms with E-state index in [9.17, 15) is 13.2 Å². The molecule has 1 aliphatic heterocycles. The highest BCUT2D eigenvalue weighted by atomic mass is 32.2. The van der Waals surface area contributed by atoms with E-state index in [1.165, 1.54) is 17.6 Å². The van der Waals surface area contributed by atoms with Gasteiger partial charge in [0.25, 0.3) is 5.91 Å². The van der Waals surface area contributed by atoms with Gasteiger partial charge in [-0.15, -0.1) is 11.8 Å². The molecule has 2 N–H and O–H groups in total. The Bertz CT molecular complexity index is 1080. The number of methoxy groups -OCH3 is 1. The highest BCUT2D eigenvalue weighted by molar-refractivity contribution is 7.99. The lowest BCUT2D eigenvalue weighted by Crippen LogP contribution is -2.54. The van der Waals surface area contributed by atoms with Crippen LogP contribution in [0, 0.1) is 5.41 Å². The van der Waals surface area contributed by atoms with Crippen molar-refractivity contribution in [3.8, 4) is 11.5 Å². The number of benzene rings is 2. The zero-order valence-electron chi connectivity index (χ0n) is 19.6. The molecule has 0 atom stereocenters. The van der Waals surface area contributed by atoms with Crippen LogP contribution in [-0.4, -0.2) is 57.0 Å². The molecule has 2 aromatic rings. The van der Waals surface area contributed by atoms with Gasteiger partial charge in [-0.3, -0.25) is 10.0 Å². The lowest BCUT2D eigenvalue weighted by Gasteiger charge is -2.34. The molecule has 0 aromatic heterocycles. The molecule has 2 aromatic carbocycles. The number of carbonyl (C=O) groups excluding carboxylic acids is 1. The van der Waals surface area contributed by atoms with Crippen LogP contribution in [0.3, 0.4) is 0 Å². The molecule has 0 radical (unpaired) electrons. The molecule has 10 heteroatoms. The van der Waals surface area contributed by atoms with E-state index in [4.69, 9.17) is 19.4 Å². The average molecular weight is 510 g/mol. The van der Waals surface area contributed by atoms with Gasteiger partial charge in [-0.25, -0.2) is 13.9 Å². The number of hydroxylamine groups is 1. The summed E-state index contributed by atoms with van der Waals surface area (Å²) in [6.45, 7) is 4.88. The van der Waals surface area contributed by atoms with Gasteiger partial charge in [0.15, 0.2) is 14.6 Å². The quantitative estimate of drug-likeness (QED) is 0.283. The van der Waals surface area contributed by atoms with Crippen molar-refractivity contribution in [3.63, 3.8) is 0 Å². The van der Waals surface area contributed by atoms with Gasteiger partial charge in [0.05, 0.1) is 18.6 Å². The van der Waals surface area contributed by atoms with Crippen molar-refractivity contribution in [1.82, 2.24) is 5.48 Å². The van der Waals surface area contributed by atoms with Crippen LogP contribution in [0.1, 0.15) is 26.7 Å². The zero-order chi connectivity index (χ0) is 24.8. The number of amides is 1. The van der Waals surface area contributed by atoms with Crippen molar-refractivity contribution in [2.75, 3.05) is 32.7 Å². The number of sulfone groups is 1. The van der Waals surface area contributed by atoms with Crippen LogP contribution < -0.4 is 15.0 Å². The molecular formula is C24H31NO7S2. The van der Waals surface area contributed by atoms with Crippen molar-refractivity contribution in [1.29, 1.82) is 0 Å². The van der Waals surface area contributed by atoms with Crippen molar-refractivity contribution in [2.45, 2.75) is 41.2 Å². The van der Waals surface area contributed by atoms with E-state index in [1.54, 1.807) is 31.0 Å². The Morgan fingerprint density at radius 1 is 1.15 bits per heavy atom. The molecule has 1 heterocycles. The van der Waals surface area contributed by atoms with Crippen LogP contribution in [0.15, 0.2) is 58.3 Å². The molecule has 1 fully saturated rings. The SMILES string of the molecule is COc1cccc(SCC(C)(C)COc2ccc(S(=O)(=O)C3(C(=O)NO)CCOCC3)cc2)c1. The molecule has 0 saturated carbocycles. The fourth-order valence-corrected chi connectivity index (χ4v) is 6.61. The number of thioether (sulfide) groups is 1. The van der Waals surface area contributed by atoms with Crippen molar-refractivity contribution in [2.24, 2.45) is 5.41 Å². The standard InChI is InChI=1S/C24H31NO7S2/c1-23(2,17-33-20-6-4-5-19(15-20)30-3)16-32-18-7-9-21(10-8-18)34(28,29)24(22(26)25-27)11-13-31-14-12-24/h4-10,15,27H,11-14,16-17H2,1-3H3,(H,25,26). The number of hydrogen-bond acceptors (Lipinski definition) is 8. The second kappa shape index (κ2) is 11.0. The van der Waals surface area contributed by atoms with Crippen LogP contribution in [0.5, 0.6) is 11.5 Å². The zero-order valence-corrected chi connectivity index (χ0v) is 21.2. The highest BCUT2D eigenvalue weighted by Crippen LogP contribution is 2.36. The van der Waals surface area contributed by atoms with Gasteiger partial charge >= 0.3 is 0 Å². The number of nitrogens with one attached hydrogen (secondary N) is 1. The predicted molar refractivity (Wildman–Crippen MR) is 129 cm³/mol. The Kier molecular flexibility index (Phi) is 8.51. The molecule has 3 rings (SSSR count). The largest absolute Gasteiger partial charge is 0.497 e. The van der Waals surface area contributed by atoms with Gasteiger partial charge < -0.3 is 14.2 Å². The van der Waals surface area contributed by atoms with Crippen LogP contribution in [-0.2, 0) is 19.4 Å². The van der Waals surface area contributed by atoms with Gasteiger partial charge in [0.2, 0.25) is 0 Å². The van der Waals surface area contributed by atoms with E-state index < -0.39 is 20.5 Å². The maximum Gasteiger partial charge on any atom is 0.265 e. The Balaban J connectivity index is 1.65. The van der Waals surface area contributed by atoms with Crippen molar-refractivity contribution < 1.29 is 32.6 Å². The summed E-state index contributed by atoms with van der Waals surface area (Å²) in [5.74, 6) is 1.22. The molecule has 1 aliphatic rings. The number of carbonyl (C=O) groups is 1. The average Bonchev–Trinajstić information content (AvgIpc) is 2.86. The Hall–Kier alpha value is -2.27. The number of ether oxygens (including phenoxy) is 3. The molecule has 1 saturated heterocycles. The number of rotatable bonds is 10. The monoisotopic (exact) mass is 509 g/mol. The first-order valence-corrected chi connectivity index (χ1v) is 13.4. The summed E-state index contributed by atoms with van der Waals surface area (Å²) in [4.78, 5) is 13.5. The van der Waals surface area contributed by atoms with Crippen LogP contribution in [0.4, 0.5) is 0 Å². The fourth-order valence-electron chi connectivity index (χ4n) is 3.65. The van der Waals surface area contributed by atoms with Gasteiger partial charge in [0, 0.05) is 29.3 Å². The van der Waals surface area contributed by atoms with Crippen molar-refractivity contribution >= 4 is 27.5 Å². The third-order valence-electron chi connectivity index (χ3n) is 5.76. The summed E-state index contributed by atoms with van der Waals surface area (Å²) in [5.41, 5.74) is 1.37. The fraction of sp³-hybridized carbons (Fsp3) is 0.458. The van der Waals surface area contributed by atoms with Crippen LogP contribution >= 0.6 is 11.8 Å². The Morgan fingerprint density at radius 3 is 2.44 bits per heavy atom. The summed E-state index contributed by atoms with van der Waals surface area (Å²) in [6, 6.07) is 13.9. The van der Waals surface area contributed by atoms with E-state index in [-0.39, 0.29) is 36.4 Å². The van der Waals surface area contributed by atoms with Gasteiger partial charge in [-0.1, -0.05) is 19.9 Å². The summed E-state index contributed by atoms with van der Waals surface area (Å²) in [7, 11) is -2.42. The van der Waals surface area contributed by atoms with Crippen molar-refractivity contribution in [3.05, 3.63) is 48.5 Å². The first-order valence-electron chi connectivity index (χ1n) is 10.9. The van der Waals surface area contributed by atoms with E-state index >= 15 is 0 Å². The molecule has 0 bridgehead atoms. The topological polar surface area (TPSA) is 111 Å². The molecule has 0 aliphatic carbocycles. The van der Waals surface area contributed by atoms with E-state index in [2.05, 4.69) is 13.8 Å². The molecular weight excluding hydrogens is 478 g/mol. The minimum absolute atomic E-state index is 0.00168. The molecule has 0 unspecified atom stereocenters. The summed E-state index contributed by atoms with van der Waals surface area (Å²) < 4.78 is 41.3. The minimum Gasteiger partial charge on any atom is -0.497 e. The first kappa shape index (κ1) is 26.3. The number of hydrogen-bond donors (Lipinski definition) is 2. The smallest absolute Gasteiger partial charge is 0.265 e. The molecule has 186 valence electrons. The third kappa shape index (κ3) is 5.86. The summed E-state index contributed by atoms with van der Waals surface area (Å²) >= 11 is 1.71. The third-order valence-corrected chi connectivity index (χ3v) is 9.79. The Morgan fingerprint density at radius 2 is 1.82 bits per heavy atom. The van der Waals surface area contributed by atoms with E-state index in [1.807, 2.05) is 24.3 Å². The van der Waals surface area contributed by atoms with Gasteiger partial charge in [-0.2, -0.15) is 0 Å².